The molecule has 0 saturated carbocycles. The molecular weight excluding hydrogens is 246 g/mol. The molecule has 1 aromatic heterocycles. The highest BCUT2D eigenvalue weighted by Gasteiger charge is 2.15. The van der Waals surface area contributed by atoms with Gasteiger partial charge < -0.3 is 5.32 Å². The lowest BCUT2D eigenvalue weighted by Crippen LogP contribution is -2.29. The first-order valence-corrected chi connectivity index (χ1v) is 7.59. The van der Waals surface area contributed by atoms with Crippen molar-refractivity contribution in [2.24, 2.45) is 5.92 Å². The Bertz CT molecular complexity index is 365. The minimum atomic E-state index is -0.0169. The van der Waals surface area contributed by atoms with E-state index in [0.29, 0.717) is 10.8 Å². The van der Waals surface area contributed by atoms with Crippen LogP contribution in [0.15, 0.2) is 0 Å². The van der Waals surface area contributed by atoms with Crippen molar-refractivity contribution in [3.05, 3.63) is 10.6 Å². The van der Waals surface area contributed by atoms with Crippen LogP contribution in [0.4, 0.5) is 0 Å². The molecule has 0 spiro atoms. The molecule has 0 aliphatic rings. The standard InChI is InChI=1S/C13H23N3OS/c1-4-7-8-10(5-2)9-14-13(17)12-11(6-3)15-16-18-12/h10H,4-9H2,1-3H3,(H,14,17). The van der Waals surface area contributed by atoms with Crippen LogP contribution in [0.25, 0.3) is 0 Å². The van der Waals surface area contributed by atoms with Crippen LogP contribution in [0.3, 0.4) is 0 Å². The Morgan fingerprint density at radius 1 is 1.39 bits per heavy atom. The number of amides is 1. The van der Waals surface area contributed by atoms with Gasteiger partial charge in [-0.3, -0.25) is 4.79 Å². The first-order chi connectivity index (χ1) is 8.72. The molecule has 4 nitrogen and oxygen atoms in total. The van der Waals surface area contributed by atoms with E-state index in [1.165, 1.54) is 30.8 Å². The van der Waals surface area contributed by atoms with Crippen LogP contribution in [0, 0.1) is 5.92 Å². The summed E-state index contributed by atoms with van der Waals surface area (Å²) in [5.74, 6) is 0.566. The van der Waals surface area contributed by atoms with Crippen LogP contribution in [0.2, 0.25) is 0 Å². The molecule has 1 atom stereocenters. The summed E-state index contributed by atoms with van der Waals surface area (Å²) in [6, 6.07) is 0. The molecule has 0 aliphatic carbocycles. The second kappa shape index (κ2) is 8.19. The average molecular weight is 269 g/mol. The van der Waals surface area contributed by atoms with Crippen LogP contribution in [0.5, 0.6) is 0 Å². The molecule has 0 saturated heterocycles. The van der Waals surface area contributed by atoms with Gasteiger partial charge in [-0.25, -0.2) is 0 Å². The molecule has 0 aliphatic heterocycles. The van der Waals surface area contributed by atoms with Crippen LogP contribution in [0.1, 0.15) is 61.8 Å². The Morgan fingerprint density at radius 3 is 2.78 bits per heavy atom. The Morgan fingerprint density at radius 2 is 2.17 bits per heavy atom. The second-order valence-electron chi connectivity index (χ2n) is 4.53. The number of nitrogens with one attached hydrogen (secondary N) is 1. The van der Waals surface area contributed by atoms with Gasteiger partial charge in [0, 0.05) is 6.54 Å². The maximum atomic E-state index is 12.0. The van der Waals surface area contributed by atoms with Crippen LogP contribution in [-0.2, 0) is 6.42 Å². The van der Waals surface area contributed by atoms with E-state index in [1.54, 1.807) is 0 Å². The fourth-order valence-electron chi connectivity index (χ4n) is 1.87. The zero-order valence-corrected chi connectivity index (χ0v) is 12.3. The van der Waals surface area contributed by atoms with Crippen LogP contribution in [-0.4, -0.2) is 22.0 Å². The lowest BCUT2D eigenvalue weighted by molar-refractivity contribution is 0.0949. The summed E-state index contributed by atoms with van der Waals surface area (Å²) in [6.07, 6.45) is 5.50. The summed E-state index contributed by atoms with van der Waals surface area (Å²) < 4.78 is 3.84. The average Bonchev–Trinajstić information content (AvgIpc) is 2.87. The highest BCUT2D eigenvalue weighted by atomic mass is 32.1. The molecule has 1 aromatic rings. The van der Waals surface area contributed by atoms with E-state index in [0.717, 1.165) is 25.1 Å². The summed E-state index contributed by atoms with van der Waals surface area (Å²) in [7, 11) is 0. The monoisotopic (exact) mass is 269 g/mol. The summed E-state index contributed by atoms with van der Waals surface area (Å²) >= 11 is 1.19. The molecule has 102 valence electrons. The first kappa shape index (κ1) is 15.1. The van der Waals surface area contributed by atoms with Gasteiger partial charge in [-0.2, -0.15) is 0 Å². The number of aryl methyl sites for hydroxylation is 1. The Labute approximate surface area is 113 Å². The van der Waals surface area contributed by atoms with Crippen molar-refractivity contribution in [3.63, 3.8) is 0 Å². The van der Waals surface area contributed by atoms with Crippen molar-refractivity contribution < 1.29 is 4.79 Å². The zero-order valence-electron chi connectivity index (χ0n) is 11.5. The minimum Gasteiger partial charge on any atom is -0.351 e. The van der Waals surface area contributed by atoms with Crippen molar-refractivity contribution in [2.45, 2.75) is 52.9 Å². The zero-order chi connectivity index (χ0) is 13.4. The van der Waals surface area contributed by atoms with Crippen LogP contribution < -0.4 is 5.32 Å². The molecule has 1 unspecified atom stereocenters. The number of aromatic nitrogens is 2. The minimum absolute atomic E-state index is 0.0169. The third kappa shape index (κ3) is 4.37. The van der Waals surface area contributed by atoms with Gasteiger partial charge in [-0.1, -0.05) is 44.5 Å². The predicted molar refractivity (Wildman–Crippen MR) is 74.9 cm³/mol. The smallest absolute Gasteiger partial charge is 0.264 e. The Balaban J connectivity index is 2.44. The number of rotatable bonds is 8. The van der Waals surface area contributed by atoms with Gasteiger partial charge in [0.25, 0.3) is 5.91 Å². The number of carbonyl (C=O) groups is 1. The van der Waals surface area contributed by atoms with Crippen molar-refractivity contribution >= 4 is 17.4 Å². The number of carbonyl (C=O) groups excluding carboxylic acids is 1. The van der Waals surface area contributed by atoms with Crippen molar-refractivity contribution in [1.29, 1.82) is 0 Å². The summed E-state index contributed by atoms with van der Waals surface area (Å²) in [4.78, 5) is 12.7. The van der Waals surface area contributed by atoms with E-state index >= 15 is 0 Å². The van der Waals surface area contributed by atoms with Gasteiger partial charge in [0.05, 0.1) is 5.69 Å². The predicted octanol–water partition coefficient (Wildman–Crippen LogP) is 3.05. The van der Waals surface area contributed by atoms with Gasteiger partial charge in [-0.15, -0.1) is 5.10 Å². The van der Waals surface area contributed by atoms with E-state index in [4.69, 9.17) is 0 Å². The van der Waals surface area contributed by atoms with E-state index in [1.807, 2.05) is 6.92 Å². The molecule has 5 heteroatoms. The SMILES string of the molecule is CCCCC(CC)CNC(=O)c1snnc1CC. The highest BCUT2D eigenvalue weighted by molar-refractivity contribution is 7.08. The van der Waals surface area contributed by atoms with Crippen molar-refractivity contribution in [2.75, 3.05) is 6.54 Å². The van der Waals surface area contributed by atoms with Gasteiger partial charge in [0.2, 0.25) is 0 Å². The molecule has 0 radical (unpaired) electrons. The maximum Gasteiger partial charge on any atom is 0.264 e. The van der Waals surface area contributed by atoms with E-state index < -0.39 is 0 Å². The Kier molecular flexibility index (Phi) is 6.86. The number of unbranched alkanes of at least 4 members (excludes halogenated alkanes) is 1. The third-order valence-corrected chi connectivity index (χ3v) is 3.96. The number of hydrogen-bond acceptors (Lipinski definition) is 4. The first-order valence-electron chi connectivity index (χ1n) is 6.82. The fraction of sp³-hybridized carbons (Fsp3) is 0.769. The number of hydrogen-bond donors (Lipinski definition) is 1. The molecule has 18 heavy (non-hydrogen) atoms. The molecule has 0 bridgehead atoms. The topological polar surface area (TPSA) is 54.9 Å². The summed E-state index contributed by atoms with van der Waals surface area (Å²) in [5, 5.41) is 6.97. The number of nitrogens with zero attached hydrogens (tertiary/aromatic N) is 2. The molecule has 1 N–H and O–H groups in total. The fourth-order valence-corrected chi connectivity index (χ4v) is 2.54. The quantitative estimate of drug-likeness (QED) is 0.789. The normalized spacial score (nSPS) is 12.4. The molecular formula is C13H23N3OS. The lowest BCUT2D eigenvalue weighted by Gasteiger charge is -2.14. The third-order valence-electron chi connectivity index (χ3n) is 3.19. The van der Waals surface area contributed by atoms with Crippen molar-refractivity contribution in [1.82, 2.24) is 14.9 Å². The Hall–Kier alpha value is -0.970. The lowest BCUT2D eigenvalue weighted by atomic mass is 9.99. The van der Waals surface area contributed by atoms with Gasteiger partial charge >= 0.3 is 0 Å². The molecule has 0 fully saturated rings. The van der Waals surface area contributed by atoms with Gasteiger partial charge in [0.1, 0.15) is 4.88 Å². The van der Waals surface area contributed by atoms with E-state index in [9.17, 15) is 4.79 Å². The molecule has 1 rings (SSSR count). The van der Waals surface area contributed by atoms with E-state index in [-0.39, 0.29) is 5.91 Å². The van der Waals surface area contributed by atoms with Crippen LogP contribution >= 0.6 is 11.5 Å². The van der Waals surface area contributed by atoms with Crippen molar-refractivity contribution in [3.8, 4) is 0 Å². The van der Waals surface area contributed by atoms with E-state index in [2.05, 4.69) is 28.8 Å². The summed E-state index contributed by atoms with van der Waals surface area (Å²) in [5.41, 5.74) is 0.805. The van der Waals surface area contributed by atoms with Gasteiger partial charge in [-0.05, 0) is 30.3 Å². The molecule has 1 amide bonds. The van der Waals surface area contributed by atoms with Gasteiger partial charge in [0.15, 0.2) is 0 Å². The second-order valence-corrected chi connectivity index (χ2v) is 5.28. The molecule has 0 aromatic carbocycles. The largest absolute Gasteiger partial charge is 0.351 e. The summed E-state index contributed by atoms with van der Waals surface area (Å²) in [6.45, 7) is 7.13. The highest BCUT2D eigenvalue weighted by Crippen LogP contribution is 2.13. The molecule has 1 heterocycles. The maximum absolute atomic E-state index is 12.0.